The van der Waals surface area contributed by atoms with Crippen molar-refractivity contribution in [1.29, 1.82) is 0 Å². The molecule has 7 rings (SSSR count). The second-order valence-electron chi connectivity index (χ2n) is 15.8. The number of hydrogen-bond acceptors (Lipinski definition) is 12. The second-order valence-corrected chi connectivity index (χ2v) is 15.8. The van der Waals surface area contributed by atoms with Crippen molar-refractivity contribution in [2.45, 2.75) is 64.3 Å². The number of allylic oxidation sites excluding steroid dienone is 1. The van der Waals surface area contributed by atoms with E-state index in [4.69, 9.17) is 33.4 Å². The van der Waals surface area contributed by atoms with Crippen LogP contribution >= 0.6 is 0 Å². The number of benzene rings is 5. The molecule has 0 N–H and O–H groups in total. The fourth-order valence-corrected chi connectivity index (χ4v) is 7.52. The predicted octanol–water partition coefficient (Wildman–Crippen LogP) is 8.78. The molecule has 0 aromatic heterocycles. The molecule has 12 nitrogen and oxygen atoms in total. The van der Waals surface area contributed by atoms with E-state index in [0.29, 0.717) is 19.4 Å². The van der Waals surface area contributed by atoms with Gasteiger partial charge in [-0.2, -0.15) is 0 Å². The Labute approximate surface area is 377 Å². The number of carbonyl (C=O) groups is 5. The highest BCUT2D eigenvalue weighted by Gasteiger charge is 2.55. The maximum absolute atomic E-state index is 14.1. The van der Waals surface area contributed by atoms with E-state index >= 15 is 0 Å². The zero-order valence-corrected chi connectivity index (χ0v) is 36.2. The fraction of sp³-hybridized carbons (Fsp3) is 0.245. The van der Waals surface area contributed by atoms with E-state index in [1.54, 1.807) is 127 Å². The molecule has 0 aliphatic carbocycles. The molecule has 5 aromatic rings. The van der Waals surface area contributed by atoms with Crippen molar-refractivity contribution in [3.63, 3.8) is 0 Å². The van der Waals surface area contributed by atoms with Gasteiger partial charge in [-0.3, -0.25) is 0 Å². The van der Waals surface area contributed by atoms with E-state index < -0.39 is 61.2 Å². The van der Waals surface area contributed by atoms with Crippen molar-refractivity contribution >= 4 is 42.1 Å². The van der Waals surface area contributed by atoms with Crippen molar-refractivity contribution < 1.29 is 52.4 Å². The number of aldehydes is 1. The van der Waals surface area contributed by atoms with Crippen LogP contribution in [0.5, 0.6) is 0 Å². The molecule has 1 saturated heterocycles. The van der Waals surface area contributed by atoms with E-state index in [9.17, 15) is 24.0 Å². The van der Waals surface area contributed by atoms with Crippen molar-refractivity contribution in [1.82, 2.24) is 0 Å². The summed E-state index contributed by atoms with van der Waals surface area (Å²) in [4.78, 5) is 71.3. The third kappa shape index (κ3) is 11.6. The van der Waals surface area contributed by atoms with E-state index in [0.717, 1.165) is 34.1 Å². The van der Waals surface area contributed by atoms with Crippen LogP contribution in [0.2, 0.25) is 0 Å². The molecule has 0 unspecified atom stereocenters. The molecule has 0 bridgehead atoms. The summed E-state index contributed by atoms with van der Waals surface area (Å²) < 4.78 is 37.9. The molecule has 5 atom stereocenters. The van der Waals surface area contributed by atoms with Crippen molar-refractivity contribution in [3.8, 4) is 0 Å². The van der Waals surface area contributed by atoms with Crippen LogP contribution in [0.15, 0.2) is 162 Å². The van der Waals surface area contributed by atoms with Gasteiger partial charge in [0.05, 0.1) is 28.8 Å². The van der Waals surface area contributed by atoms with Crippen LogP contribution in [0.25, 0.3) is 6.08 Å². The first-order chi connectivity index (χ1) is 31.6. The lowest BCUT2D eigenvalue weighted by Crippen LogP contribution is -2.63. The Balaban J connectivity index is 1.30. The average molecular weight is 876 g/mol. The summed E-state index contributed by atoms with van der Waals surface area (Å²) in [6.45, 7) is 5.94. The summed E-state index contributed by atoms with van der Waals surface area (Å²) in [6, 6.07) is 38.9. The number of aliphatic imine (C=N–C) groups is 1. The normalized spacial score (nSPS) is 19.3. The van der Waals surface area contributed by atoms with Crippen LogP contribution in [0.1, 0.15) is 78.4 Å². The molecule has 2 aliphatic rings. The summed E-state index contributed by atoms with van der Waals surface area (Å²) in [6.07, 6.45) is -2.35. The molecule has 332 valence electrons. The fourth-order valence-electron chi connectivity index (χ4n) is 7.52. The highest BCUT2D eigenvalue weighted by atomic mass is 16.7. The van der Waals surface area contributed by atoms with Gasteiger partial charge in [-0.25, -0.2) is 24.2 Å². The maximum Gasteiger partial charge on any atom is 0.338 e. The Hall–Kier alpha value is -7.44. The summed E-state index contributed by atoms with van der Waals surface area (Å²) in [5, 5.41) is 0. The first-order valence-electron chi connectivity index (χ1n) is 21.4. The Morgan fingerprint density at radius 2 is 1.18 bits per heavy atom. The third-order valence-electron chi connectivity index (χ3n) is 11.0. The zero-order chi connectivity index (χ0) is 45.7. The van der Waals surface area contributed by atoms with Gasteiger partial charge in [0.15, 0.2) is 12.2 Å². The van der Waals surface area contributed by atoms with Crippen LogP contribution in [0.4, 0.5) is 0 Å². The van der Waals surface area contributed by atoms with Gasteiger partial charge in [0, 0.05) is 18.4 Å². The molecule has 12 heteroatoms. The quantitative estimate of drug-likeness (QED) is 0.0531. The first-order valence-corrected chi connectivity index (χ1v) is 21.4. The lowest BCUT2D eigenvalue weighted by molar-refractivity contribution is -0.278. The molecular weight excluding hydrogens is 827 g/mol. The Kier molecular flexibility index (Phi) is 15.3. The van der Waals surface area contributed by atoms with Crippen molar-refractivity contribution in [2.75, 3.05) is 13.2 Å². The van der Waals surface area contributed by atoms with Crippen LogP contribution < -0.4 is 0 Å². The Morgan fingerprint density at radius 3 is 1.69 bits per heavy atom. The van der Waals surface area contributed by atoms with Gasteiger partial charge in [0.1, 0.15) is 19.0 Å². The molecular formula is C53H49NO11. The summed E-state index contributed by atoms with van der Waals surface area (Å²) in [7, 11) is 0. The number of aryl methyl sites for hydroxylation is 1. The van der Waals surface area contributed by atoms with Crippen LogP contribution in [-0.2, 0) is 39.6 Å². The van der Waals surface area contributed by atoms with Crippen LogP contribution in [-0.4, -0.2) is 79.9 Å². The minimum absolute atomic E-state index is 0.0613. The van der Waals surface area contributed by atoms with Crippen LogP contribution in [0, 0.1) is 12.8 Å². The molecule has 0 saturated carbocycles. The van der Waals surface area contributed by atoms with Gasteiger partial charge in [-0.15, -0.1) is 0 Å². The van der Waals surface area contributed by atoms with Gasteiger partial charge >= 0.3 is 23.9 Å². The molecule has 0 radical (unpaired) electrons. The van der Waals surface area contributed by atoms with E-state index in [1.165, 1.54) is 0 Å². The predicted molar refractivity (Wildman–Crippen MR) is 242 cm³/mol. The lowest BCUT2D eigenvalue weighted by Gasteiger charge is -2.44. The maximum atomic E-state index is 14.1. The van der Waals surface area contributed by atoms with Crippen molar-refractivity contribution in [3.05, 3.63) is 196 Å². The second kappa shape index (κ2) is 21.8. The largest absolute Gasteiger partial charge is 0.459 e. The third-order valence-corrected chi connectivity index (χ3v) is 11.0. The standard InChI is InChI=1S/C53H49NO11/c1-34(2)43-32-54-48(42(43)31-41-28-27-36(30-35(41)3)18-16-17-29-55)65-53-47(64-52(59)40-25-14-7-15-26-40)46(63-51(58)39-23-12-6-13-24-39)45(62-50(57)38-21-10-5-11-22-38)44(61-53)33-60-49(56)37-19-8-4-9-20-37/h4-16,18-30,34,44-47,53H,17,31-33H2,1-3H3/b18-16+/t44-,45-,46+,47-,53+/m1/s1. The zero-order valence-electron chi connectivity index (χ0n) is 36.2. The van der Waals surface area contributed by atoms with Crippen molar-refractivity contribution in [2.24, 2.45) is 10.9 Å². The molecule has 65 heavy (non-hydrogen) atoms. The SMILES string of the molecule is Cc1cc(/C=C/CC=O)ccc1CC1=C(C(C)C)CN=C1O[C@@H]1O[C@H](COC(=O)c2ccccc2)[C@@H](OC(=O)c2ccccc2)[C@H](OC(=O)c2ccccc2)[C@H]1OC(=O)c1ccccc1. The molecule has 2 aliphatic heterocycles. The average Bonchev–Trinajstić information content (AvgIpc) is 3.73. The van der Waals surface area contributed by atoms with E-state index in [-0.39, 0.29) is 34.1 Å². The monoisotopic (exact) mass is 875 g/mol. The Bertz CT molecular complexity index is 2550. The molecule has 0 spiro atoms. The summed E-state index contributed by atoms with van der Waals surface area (Å²) in [5.74, 6) is -2.85. The number of carbonyl (C=O) groups excluding carboxylic acids is 5. The molecule has 2 heterocycles. The van der Waals surface area contributed by atoms with E-state index in [2.05, 4.69) is 13.8 Å². The van der Waals surface area contributed by atoms with E-state index in [1.807, 2.05) is 31.2 Å². The summed E-state index contributed by atoms with van der Waals surface area (Å²) in [5.41, 5.74) is 5.51. The summed E-state index contributed by atoms with van der Waals surface area (Å²) >= 11 is 0. The van der Waals surface area contributed by atoms with Crippen LogP contribution in [0.3, 0.4) is 0 Å². The van der Waals surface area contributed by atoms with Gasteiger partial charge in [0.2, 0.25) is 18.3 Å². The van der Waals surface area contributed by atoms with Gasteiger partial charge in [-0.05, 0) is 83.6 Å². The highest BCUT2D eigenvalue weighted by Crippen LogP contribution is 2.35. The minimum atomic E-state index is -1.59. The minimum Gasteiger partial charge on any atom is -0.459 e. The number of rotatable bonds is 16. The first kappa shape index (κ1) is 45.6. The molecule has 1 fully saturated rings. The molecule has 0 amide bonds. The topological polar surface area (TPSA) is 153 Å². The lowest BCUT2D eigenvalue weighted by atomic mass is 9.92. The van der Waals surface area contributed by atoms with Gasteiger partial charge in [0.25, 0.3) is 0 Å². The number of ether oxygens (including phenoxy) is 6. The smallest absolute Gasteiger partial charge is 0.338 e. The number of hydrogen-bond donors (Lipinski definition) is 0. The Morgan fingerprint density at radius 1 is 0.677 bits per heavy atom. The van der Waals surface area contributed by atoms with Gasteiger partial charge < -0.3 is 33.2 Å². The number of esters is 4. The molecule has 5 aromatic carbocycles. The highest BCUT2D eigenvalue weighted by molar-refractivity contribution is 5.97. The number of nitrogens with zero attached hydrogens (tertiary/aromatic N) is 1. The van der Waals surface area contributed by atoms with Gasteiger partial charge in [-0.1, -0.05) is 117 Å².